The largest absolute Gasteiger partial charge is 0.490 e. The molecule has 1 saturated heterocycles. The number of carbonyl (C=O) groups is 1. The molecule has 0 bridgehead atoms. The molecule has 1 aliphatic rings. The summed E-state index contributed by atoms with van der Waals surface area (Å²) in [5.74, 6) is 1.05. The van der Waals surface area contributed by atoms with E-state index in [1.54, 1.807) is 36.4 Å². The Morgan fingerprint density at radius 1 is 1.10 bits per heavy atom. The fourth-order valence-corrected chi connectivity index (χ4v) is 3.64. The molecule has 8 nitrogen and oxygen atoms in total. The summed E-state index contributed by atoms with van der Waals surface area (Å²) in [7, 11) is 0. The number of anilines is 2. The van der Waals surface area contributed by atoms with Gasteiger partial charge >= 0.3 is 0 Å². The number of ether oxygens (including phenoxy) is 2. The van der Waals surface area contributed by atoms with E-state index in [9.17, 15) is 14.9 Å². The molecular formula is C22H27N3O5. The summed E-state index contributed by atoms with van der Waals surface area (Å²) in [6.07, 6.45) is 1.26. The van der Waals surface area contributed by atoms with Crippen LogP contribution in [0.25, 0.3) is 0 Å². The van der Waals surface area contributed by atoms with E-state index in [-0.39, 0.29) is 22.4 Å². The van der Waals surface area contributed by atoms with E-state index < -0.39 is 0 Å². The summed E-state index contributed by atoms with van der Waals surface area (Å²) >= 11 is 0. The predicted octanol–water partition coefficient (Wildman–Crippen LogP) is 4.25. The Kier molecular flexibility index (Phi) is 7.11. The molecule has 30 heavy (non-hydrogen) atoms. The number of hydrogen-bond donors (Lipinski definition) is 1. The Hall–Kier alpha value is -3.29. The molecule has 2 aromatic rings. The number of amides is 1. The average Bonchev–Trinajstić information content (AvgIpc) is 2.76. The molecule has 0 atom stereocenters. The van der Waals surface area contributed by atoms with Crippen LogP contribution < -0.4 is 19.7 Å². The molecule has 0 unspecified atom stereocenters. The summed E-state index contributed by atoms with van der Waals surface area (Å²) < 4.78 is 11.2. The number of carbonyl (C=O) groups excluding carboxylic acids is 1. The molecule has 1 aliphatic heterocycles. The van der Waals surface area contributed by atoms with E-state index in [0.717, 1.165) is 0 Å². The zero-order valence-corrected chi connectivity index (χ0v) is 17.3. The number of benzene rings is 2. The second kappa shape index (κ2) is 9.96. The van der Waals surface area contributed by atoms with Crippen LogP contribution in [0.15, 0.2) is 42.5 Å². The van der Waals surface area contributed by atoms with Crippen molar-refractivity contribution in [3.05, 3.63) is 52.6 Å². The summed E-state index contributed by atoms with van der Waals surface area (Å²) in [6, 6.07) is 12.1. The molecule has 1 fully saturated rings. The number of nitrogens with zero attached hydrogens (tertiary/aromatic N) is 2. The zero-order chi connectivity index (χ0) is 21.5. The maximum absolute atomic E-state index is 12.8. The highest BCUT2D eigenvalue weighted by atomic mass is 16.6. The van der Waals surface area contributed by atoms with Crippen LogP contribution in [0, 0.1) is 16.0 Å². The molecule has 8 heteroatoms. The van der Waals surface area contributed by atoms with Gasteiger partial charge in [0.25, 0.3) is 5.69 Å². The molecule has 160 valence electrons. The van der Waals surface area contributed by atoms with Crippen LogP contribution in [0.4, 0.5) is 17.1 Å². The Labute approximate surface area is 175 Å². The first-order valence-electron chi connectivity index (χ1n) is 10.2. The lowest BCUT2D eigenvalue weighted by molar-refractivity contribution is -0.384. The maximum atomic E-state index is 12.8. The second-order valence-electron chi connectivity index (χ2n) is 7.02. The molecule has 1 amide bonds. The third-order valence-electron chi connectivity index (χ3n) is 5.10. The highest BCUT2D eigenvalue weighted by Gasteiger charge is 2.28. The van der Waals surface area contributed by atoms with Crippen LogP contribution >= 0.6 is 0 Å². The van der Waals surface area contributed by atoms with Crippen LogP contribution in [0.3, 0.4) is 0 Å². The van der Waals surface area contributed by atoms with E-state index >= 15 is 0 Å². The molecule has 0 saturated carbocycles. The van der Waals surface area contributed by atoms with Crippen molar-refractivity contribution in [3.8, 4) is 11.5 Å². The van der Waals surface area contributed by atoms with E-state index in [2.05, 4.69) is 5.32 Å². The van der Waals surface area contributed by atoms with Crippen molar-refractivity contribution in [1.29, 1.82) is 0 Å². The molecular weight excluding hydrogens is 386 g/mol. The van der Waals surface area contributed by atoms with Gasteiger partial charge in [-0.25, -0.2) is 0 Å². The van der Waals surface area contributed by atoms with Crippen molar-refractivity contribution in [1.82, 2.24) is 0 Å². The summed E-state index contributed by atoms with van der Waals surface area (Å²) in [5, 5.41) is 14.2. The van der Waals surface area contributed by atoms with Crippen molar-refractivity contribution >= 4 is 23.0 Å². The molecule has 0 spiro atoms. The highest BCUT2D eigenvalue weighted by Crippen LogP contribution is 2.33. The highest BCUT2D eigenvalue weighted by molar-refractivity contribution is 5.93. The number of rotatable bonds is 8. The smallest absolute Gasteiger partial charge is 0.292 e. The zero-order valence-electron chi connectivity index (χ0n) is 17.3. The third kappa shape index (κ3) is 5.00. The van der Waals surface area contributed by atoms with Crippen LogP contribution in [-0.2, 0) is 4.79 Å². The van der Waals surface area contributed by atoms with Gasteiger partial charge in [0.05, 0.1) is 18.1 Å². The monoisotopic (exact) mass is 413 g/mol. The van der Waals surface area contributed by atoms with Crippen LogP contribution in [0.5, 0.6) is 11.5 Å². The third-order valence-corrected chi connectivity index (χ3v) is 5.10. The van der Waals surface area contributed by atoms with Gasteiger partial charge in [0.15, 0.2) is 11.5 Å². The van der Waals surface area contributed by atoms with Gasteiger partial charge in [-0.1, -0.05) is 12.1 Å². The van der Waals surface area contributed by atoms with Gasteiger partial charge in [0.1, 0.15) is 5.69 Å². The van der Waals surface area contributed by atoms with Gasteiger partial charge in [-0.15, -0.1) is 0 Å². The molecule has 0 aromatic heterocycles. The topological polar surface area (TPSA) is 93.9 Å². The fourth-order valence-electron chi connectivity index (χ4n) is 3.64. The fraction of sp³-hybridized carbons (Fsp3) is 0.409. The SMILES string of the molecule is CCOc1ccc(NC(=O)C2CCN(c3ccccc3[N+](=O)[O-])CC2)cc1OCC. The van der Waals surface area contributed by atoms with Crippen molar-refractivity contribution in [3.63, 3.8) is 0 Å². The predicted molar refractivity (Wildman–Crippen MR) is 115 cm³/mol. The van der Waals surface area contributed by atoms with Crippen molar-refractivity contribution in [2.24, 2.45) is 5.92 Å². The average molecular weight is 413 g/mol. The first-order chi connectivity index (χ1) is 14.5. The van der Waals surface area contributed by atoms with E-state index in [4.69, 9.17) is 9.47 Å². The Morgan fingerprint density at radius 3 is 2.43 bits per heavy atom. The first kappa shape index (κ1) is 21.4. The molecule has 2 aromatic carbocycles. The van der Waals surface area contributed by atoms with Gasteiger partial charge in [0.2, 0.25) is 5.91 Å². The summed E-state index contributed by atoms with van der Waals surface area (Å²) in [6.45, 7) is 6.02. The van der Waals surface area contributed by atoms with Crippen LogP contribution in [-0.4, -0.2) is 37.1 Å². The Balaban J connectivity index is 1.62. The van der Waals surface area contributed by atoms with Crippen molar-refractivity contribution < 1.29 is 19.2 Å². The van der Waals surface area contributed by atoms with E-state index in [0.29, 0.717) is 62.0 Å². The molecule has 0 aliphatic carbocycles. The minimum Gasteiger partial charge on any atom is -0.490 e. The number of para-hydroxylation sites is 2. The molecule has 1 N–H and O–H groups in total. The van der Waals surface area contributed by atoms with Crippen molar-refractivity contribution in [2.45, 2.75) is 26.7 Å². The van der Waals surface area contributed by atoms with Gasteiger partial charge < -0.3 is 19.7 Å². The normalized spacial score (nSPS) is 14.3. The first-order valence-corrected chi connectivity index (χ1v) is 10.2. The van der Waals surface area contributed by atoms with Crippen LogP contribution in [0.1, 0.15) is 26.7 Å². The van der Waals surface area contributed by atoms with Gasteiger partial charge in [-0.3, -0.25) is 14.9 Å². The van der Waals surface area contributed by atoms with Crippen molar-refractivity contribution in [2.75, 3.05) is 36.5 Å². The number of nitro groups is 1. The van der Waals surface area contributed by atoms with E-state index in [1.165, 1.54) is 6.07 Å². The number of nitrogens with one attached hydrogen (secondary N) is 1. The number of nitro benzene ring substituents is 1. The minimum absolute atomic E-state index is 0.0520. The lowest BCUT2D eigenvalue weighted by Crippen LogP contribution is -2.38. The summed E-state index contributed by atoms with van der Waals surface area (Å²) in [4.78, 5) is 25.6. The van der Waals surface area contributed by atoms with E-state index in [1.807, 2.05) is 18.7 Å². The lowest BCUT2D eigenvalue weighted by Gasteiger charge is -2.32. The quantitative estimate of drug-likeness (QED) is 0.514. The van der Waals surface area contributed by atoms with Gasteiger partial charge in [0, 0.05) is 36.8 Å². The Bertz CT molecular complexity index is 894. The lowest BCUT2D eigenvalue weighted by atomic mass is 9.95. The van der Waals surface area contributed by atoms with Gasteiger partial charge in [-0.2, -0.15) is 0 Å². The molecule has 3 rings (SSSR count). The maximum Gasteiger partial charge on any atom is 0.292 e. The molecule has 1 heterocycles. The standard InChI is InChI=1S/C22H27N3O5/c1-3-29-20-10-9-17(15-21(20)30-4-2)23-22(26)16-11-13-24(14-12-16)18-7-5-6-8-19(18)25(27)28/h5-10,15-16H,3-4,11-14H2,1-2H3,(H,23,26). The second-order valence-corrected chi connectivity index (χ2v) is 7.02. The molecule has 0 radical (unpaired) electrons. The number of piperidine rings is 1. The van der Waals surface area contributed by atoms with Gasteiger partial charge in [-0.05, 0) is 44.9 Å². The number of hydrogen-bond acceptors (Lipinski definition) is 6. The van der Waals surface area contributed by atoms with Crippen LogP contribution in [0.2, 0.25) is 0 Å². The minimum atomic E-state index is -0.365. The Morgan fingerprint density at radius 2 is 1.77 bits per heavy atom. The summed E-state index contributed by atoms with van der Waals surface area (Å²) in [5.41, 5.74) is 1.36.